The fraction of sp³-hybridized carbons (Fsp3) is 0.208. The number of hydrogen-bond acceptors (Lipinski definition) is 9. The van der Waals surface area contributed by atoms with E-state index in [1.165, 1.54) is 51.6 Å². The lowest BCUT2D eigenvalue weighted by atomic mass is 9.99. The Morgan fingerprint density at radius 2 is 1.81 bits per heavy atom. The lowest BCUT2D eigenvalue weighted by Crippen LogP contribution is -2.27. The minimum atomic E-state index is -3.92. The van der Waals surface area contributed by atoms with Crippen molar-refractivity contribution in [3.8, 4) is 23.5 Å². The highest BCUT2D eigenvalue weighted by Gasteiger charge is 2.18. The van der Waals surface area contributed by atoms with Crippen molar-refractivity contribution in [1.82, 2.24) is 14.7 Å². The molecule has 0 aliphatic heterocycles. The average molecular weight is 531 g/mol. The average Bonchev–Trinajstić information content (AvgIpc) is 2.88. The molecule has 0 radical (unpaired) electrons. The van der Waals surface area contributed by atoms with Crippen LogP contribution in [0, 0.1) is 12.7 Å². The summed E-state index contributed by atoms with van der Waals surface area (Å²) in [5.41, 5.74) is 0.302. The SMILES string of the molecule is CNS(=O)(=O)Nc1cccc(Cc2c(C)c3ccc(Oc4cc(OC)nc(OC)n4)cc3oc2=O)c1F. The van der Waals surface area contributed by atoms with Crippen molar-refractivity contribution in [3.05, 3.63) is 75.4 Å². The molecule has 0 saturated heterocycles. The van der Waals surface area contributed by atoms with Crippen LogP contribution in [0.25, 0.3) is 11.0 Å². The van der Waals surface area contributed by atoms with Gasteiger partial charge in [0.1, 0.15) is 11.3 Å². The van der Waals surface area contributed by atoms with Crippen molar-refractivity contribution in [3.63, 3.8) is 0 Å². The number of nitrogens with one attached hydrogen (secondary N) is 2. The summed E-state index contributed by atoms with van der Waals surface area (Å²) < 4.78 is 64.2. The second kappa shape index (κ2) is 10.4. The standard InChI is InChI=1S/C24H23FN4O7S/c1-13-16-9-8-15(35-21-12-20(33-3)27-24(28-21)34-4)11-19(16)36-23(30)17(13)10-14-6-5-7-18(22(14)25)29-37(31,32)26-2/h5-9,11-12,26,29H,10H2,1-4H3. The molecule has 0 unspecified atom stereocenters. The minimum absolute atomic E-state index is 0.0530. The van der Waals surface area contributed by atoms with Crippen molar-refractivity contribution in [2.24, 2.45) is 0 Å². The summed E-state index contributed by atoms with van der Waals surface area (Å²) in [6, 6.07) is 10.7. The molecular formula is C24H23FN4O7S. The second-order valence-corrected chi connectivity index (χ2v) is 9.37. The van der Waals surface area contributed by atoms with Gasteiger partial charge in [0.2, 0.25) is 11.8 Å². The van der Waals surface area contributed by atoms with Gasteiger partial charge in [0.15, 0.2) is 5.82 Å². The maximum absolute atomic E-state index is 15.0. The summed E-state index contributed by atoms with van der Waals surface area (Å²) in [6.07, 6.45) is -0.107. The van der Waals surface area contributed by atoms with Gasteiger partial charge in [-0.05, 0) is 36.2 Å². The fourth-order valence-electron chi connectivity index (χ4n) is 3.58. The number of aromatic nitrogens is 2. The normalized spacial score (nSPS) is 11.4. The molecule has 4 rings (SSSR count). The Hall–Kier alpha value is -4.23. The van der Waals surface area contributed by atoms with Gasteiger partial charge in [0, 0.05) is 30.5 Å². The van der Waals surface area contributed by atoms with Gasteiger partial charge in [-0.1, -0.05) is 12.1 Å². The Morgan fingerprint density at radius 3 is 2.51 bits per heavy atom. The third-order valence-corrected chi connectivity index (χ3v) is 6.52. The Labute approximate surface area is 211 Å². The number of hydrogen-bond donors (Lipinski definition) is 2. The maximum Gasteiger partial charge on any atom is 0.340 e. The van der Waals surface area contributed by atoms with E-state index in [1.54, 1.807) is 19.1 Å². The Bertz CT molecular complexity index is 1620. The Kier molecular flexibility index (Phi) is 7.27. The molecule has 2 aromatic carbocycles. The summed E-state index contributed by atoms with van der Waals surface area (Å²) in [5, 5.41) is 0.618. The molecule has 0 bridgehead atoms. The smallest absolute Gasteiger partial charge is 0.340 e. The first-order valence-corrected chi connectivity index (χ1v) is 12.3. The summed E-state index contributed by atoms with van der Waals surface area (Å²) in [4.78, 5) is 21.0. The molecule has 0 atom stereocenters. The first kappa shape index (κ1) is 25.9. The first-order chi connectivity index (χ1) is 17.6. The van der Waals surface area contributed by atoms with Gasteiger partial charge in [-0.3, -0.25) is 4.72 Å². The van der Waals surface area contributed by atoms with Crippen LogP contribution in [-0.4, -0.2) is 39.7 Å². The van der Waals surface area contributed by atoms with E-state index in [2.05, 4.69) is 19.4 Å². The van der Waals surface area contributed by atoms with E-state index >= 15 is 4.39 Å². The minimum Gasteiger partial charge on any atom is -0.481 e. The summed E-state index contributed by atoms with van der Waals surface area (Å²) in [6.45, 7) is 1.72. The summed E-state index contributed by atoms with van der Waals surface area (Å²) >= 11 is 0. The van der Waals surface area contributed by atoms with Gasteiger partial charge in [-0.2, -0.15) is 18.4 Å². The molecule has 194 valence electrons. The highest BCUT2D eigenvalue weighted by atomic mass is 32.2. The number of anilines is 1. The third kappa shape index (κ3) is 5.62. The number of halogens is 1. The lowest BCUT2D eigenvalue weighted by molar-refractivity contribution is 0.339. The quantitative estimate of drug-likeness (QED) is 0.312. The van der Waals surface area contributed by atoms with E-state index in [1.807, 2.05) is 0 Å². The van der Waals surface area contributed by atoms with E-state index in [0.717, 1.165) is 0 Å². The monoisotopic (exact) mass is 530 g/mol. The Morgan fingerprint density at radius 1 is 1.05 bits per heavy atom. The summed E-state index contributed by atoms with van der Waals surface area (Å²) in [7, 11) is 0.135. The van der Waals surface area contributed by atoms with Crippen molar-refractivity contribution in [2.75, 3.05) is 26.0 Å². The van der Waals surface area contributed by atoms with Crippen molar-refractivity contribution in [2.45, 2.75) is 13.3 Å². The molecule has 0 saturated carbocycles. The fourth-order valence-corrected chi connectivity index (χ4v) is 4.13. The number of rotatable bonds is 9. The molecular weight excluding hydrogens is 507 g/mol. The third-order valence-electron chi connectivity index (χ3n) is 5.49. The molecule has 13 heteroatoms. The number of ether oxygens (including phenoxy) is 3. The topological polar surface area (TPSA) is 142 Å². The van der Waals surface area contributed by atoms with Gasteiger partial charge < -0.3 is 18.6 Å². The summed E-state index contributed by atoms with van der Waals surface area (Å²) in [5.74, 6) is -0.0615. The molecule has 2 N–H and O–H groups in total. The van der Waals surface area contributed by atoms with Crippen LogP contribution in [-0.2, 0) is 16.6 Å². The molecule has 0 fully saturated rings. The van der Waals surface area contributed by atoms with Crippen LogP contribution >= 0.6 is 0 Å². The van der Waals surface area contributed by atoms with Crippen molar-refractivity contribution >= 4 is 26.9 Å². The number of aryl methyl sites for hydroxylation is 1. The predicted molar refractivity (Wildman–Crippen MR) is 133 cm³/mol. The molecule has 0 aliphatic carbocycles. The van der Waals surface area contributed by atoms with Crippen LogP contribution in [0.2, 0.25) is 0 Å². The van der Waals surface area contributed by atoms with E-state index in [-0.39, 0.29) is 46.6 Å². The molecule has 0 aliphatic rings. The number of fused-ring (bicyclic) bond motifs is 1. The van der Waals surface area contributed by atoms with E-state index in [9.17, 15) is 13.2 Å². The van der Waals surface area contributed by atoms with Crippen LogP contribution in [0.15, 0.2) is 51.7 Å². The lowest BCUT2D eigenvalue weighted by Gasteiger charge is -2.13. The zero-order valence-corrected chi connectivity index (χ0v) is 21.1. The van der Waals surface area contributed by atoms with Crippen LogP contribution < -0.4 is 29.3 Å². The Balaban J connectivity index is 1.66. The highest BCUT2D eigenvalue weighted by Crippen LogP contribution is 2.30. The molecule has 0 amide bonds. The van der Waals surface area contributed by atoms with Gasteiger partial charge in [-0.15, -0.1) is 0 Å². The van der Waals surface area contributed by atoms with Gasteiger partial charge in [0.05, 0.1) is 26.0 Å². The molecule has 0 spiro atoms. The molecule has 37 heavy (non-hydrogen) atoms. The predicted octanol–water partition coefficient (Wildman–Crippen LogP) is 3.31. The zero-order valence-electron chi connectivity index (χ0n) is 20.3. The molecule has 2 heterocycles. The van der Waals surface area contributed by atoms with Gasteiger partial charge in [-0.25, -0.2) is 13.9 Å². The highest BCUT2D eigenvalue weighted by molar-refractivity contribution is 7.90. The number of methoxy groups -OCH3 is 2. The van der Waals surface area contributed by atoms with Crippen LogP contribution in [0.3, 0.4) is 0 Å². The van der Waals surface area contributed by atoms with Crippen molar-refractivity contribution in [1.29, 1.82) is 0 Å². The molecule has 4 aromatic rings. The van der Waals surface area contributed by atoms with Crippen LogP contribution in [0.5, 0.6) is 23.5 Å². The van der Waals surface area contributed by atoms with Crippen LogP contribution in [0.1, 0.15) is 16.7 Å². The van der Waals surface area contributed by atoms with E-state index in [4.69, 9.17) is 18.6 Å². The number of nitrogens with zero attached hydrogens (tertiary/aromatic N) is 2. The maximum atomic E-state index is 15.0. The van der Waals surface area contributed by atoms with E-state index < -0.39 is 21.7 Å². The van der Waals surface area contributed by atoms with Gasteiger partial charge in [0.25, 0.3) is 10.2 Å². The number of benzene rings is 2. The first-order valence-electron chi connectivity index (χ1n) is 10.8. The molecule has 11 nitrogen and oxygen atoms in total. The second-order valence-electron chi connectivity index (χ2n) is 7.75. The largest absolute Gasteiger partial charge is 0.481 e. The van der Waals surface area contributed by atoms with Gasteiger partial charge >= 0.3 is 11.6 Å². The van der Waals surface area contributed by atoms with E-state index in [0.29, 0.717) is 16.7 Å². The zero-order chi connectivity index (χ0) is 26.7. The van der Waals surface area contributed by atoms with Crippen LogP contribution in [0.4, 0.5) is 10.1 Å². The van der Waals surface area contributed by atoms with Crippen molar-refractivity contribution < 1.29 is 31.4 Å². The molecule has 2 aromatic heterocycles.